The minimum atomic E-state index is -3.85. The highest BCUT2D eigenvalue weighted by molar-refractivity contribution is 7.89. The maximum atomic E-state index is 12.5. The molecule has 10 heteroatoms. The van der Waals surface area contributed by atoms with Gasteiger partial charge in [0.05, 0.1) is 17.4 Å². The van der Waals surface area contributed by atoms with Gasteiger partial charge in [0.25, 0.3) is 10.0 Å². The molecule has 0 unspecified atom stereocenters. The lowest BCUT2D eigenvalue weighted by atomic mass is 9.75. The van der Waals surface area contributed by atoms with Crippen molar-refractivity contribution in [2.24, 2.45) is 5.14 Å². The van der Waals surface area contributed by atoms with Gasteiger partial charge in [0, 0.05) is 30.1 Å². The van der Waals surface area contributed by atoms with Gasteiger partial charge in [-0.15, -0.1) is 0 Å². The summed E-state index contributed by atoms with van der Waals surface area (Å²) in [4.78, 5) is 25.5. The first-order valence-electron chi connectivity index (χ1n) is 10.00. The van der Waals surface area contributed by atoms with Crippen LogP contribution in [0.2, 0.25) is 0 Å². The molecule has 30 heavy (non-hydrogen) atoms. The summed E-state index contributed by atoms with van der Waals surface area (Å²) < 4.78 is 25.0. The molecule has 1 aliphatic heterocycles. The van der Waals surface area contributed by atoms with E-state index in [9.17, 15) is 13.2 Å². The van der Waals surface area contributed by atoms with E-state index in [1.54, 1.807) is 12.3 Å². The van der Waals surface area contributed by atoms with Crippen molar-refractivity contribution in [3.8, 4) is 0 Å². The second kappa shape index (κ2) is 6.85. The summed E-state index contributed by atoms with van der Waals surface area (Å²) >= 11 is 0. The van der Waals surface area contributed by atoms with Crippen molar-refractivity contribution in [3.63, 3.8) is 0 Å². The SMILES string of the molecule is NS(=O)(=O)c1ccc(Nc2ncc3cc4n(c3n2)C2(CCCCC2)CC(=O)C4)cn1. The molecule has 2 aliphatic rings. The lowest BCUT2D eigenvalue weighted by molar-refractivity contribution is -0.122. The van der Waals surface area contributed by atoms with Gasteiger partial charge >= 0.3 is 0 Å². The lowest BCUT2D eigenvalue weighted by Gasteiger charge is -2.42. The van der Waals surface area contributed by atoms with E-state index in [0.717, 1.165) is 42.4 Å². The molecule has 5 rings (SSSR count). The van der Waals surface area contributed by atoms with Crippen LogP contribution in [0.25, 0.3) is 11.0 Å². The normalized spacial score (nSPS) is 18.5. The van der Waals surface area contributed by atoms with Gasteiger partial charge in [-0.1, -0.05) is 19.3 Å². The van der Waals surface area contributed by atoms with Crippen molar-refractivity contribution < 1.29 is 13.2 Å². The molecular weight excluding hydrogens is 404 g/mol. The van der Waals surface area contributed by atoms with E-state index in [0.29, 0.717) is 30.3 Å². The van der Waals surface area contributed by atoms with Crippen LogP contribution < -0.4 is 10.5 Å². The Kier molecular flexibility index (Phi) is 4.37. The first-order valence-corrected chi connectivity index (χ1v) is 11.5. The number of aromatic nitrogens is 4. The molecule has 0 saturated heterocycles. The zero-order chi connectivity index (χ0) is 20.9. The van der Waals surface area contributed by atoms with Crippen LogP contribution in [0.5, 0.6) is 0 Å². The zero-order valence-electron chi connectivity index (χ0n) is 16.3. The highest BCUT2D eigenvalue weighted by atomic mass is 32.2. The average Bonchev–Trinajstić information content (AvgIpc) is 3.06. The number of sulfonamides is 1. The molecule has 0 amide bonds. The highest BCUT2D eigenvalue weighted by Crippen LogP contribution is 2.44. The standard InChI is InChI=1S/C20H22N6O3S/c21-30(28,29)17-5-4-14(12-22-17)24-19-23-11-13-8-15-9-16(27)10-20(6-2-1-3-7-20)26(15)18(13)25-19/h4-5,8,11-12H,1-3,6-7,9-10H2,(H2,21,28,29)(H,23,24,25). The van der Waals surface area contributed by atoms with E-state index < -0.39 is 10.0 Å². The van der Waals surface area contributed by atoms with Crippen LogP contribution in [0.15, 0.2) is 35.6 Å². The molecule has 3 aromatic rings. The van der Waals surface area contributed by atoms with E-state index in [1.807, 2.05) is 6.07 Å². The molecule has 1 aliphatic carbocycles. The summed E-state index contributed by atoms with van der Waals surface area (Å²) in [6.45, 7) is 0. The number of nitrogens with two attached hydrogens (primary N) is 1. The Labute approximate surface area is 173 Å². The summed E-state index contributed by atoms with van der Waals surface area (Å²) in [5.74, 6) is 0.677. The van der Waals surface area contributed by atoms with Crippen LogP contribution >= 0.6 is 0 Å². The largest absolute Gasteiger partial charge is 0.323 e. The number of primary sulfonamides is 1. The third-order valence-electron chi connectivity index (χ3n) is 6.06. The minimum Gasteiger partial charge on any atom is -0.323 e. The van der Waals surface area contributed by atoms with Gasteiger partial charge in [-0.25, -0.2) is 23.5 Å². The van der Waals surface area contributed by atoms with Gasteiger partial charge < -0.3 is 9.88 Å². The summed E-state index contributed by atoms with van der Waals surface area (Å²) in [6, 6.07) is 4.92. The Bertz CT molecular complexity index is 1240. The smallest absolute Gasteiger partial charge is 0.255 e. The summed E-state index contributed by atoms with van der Waals surface area (Å²) in [6.07, 6.45) is 9.53. The number of hydrogen-bond acceptors (Lipinski definition) is 7. The second-order valence-electron chi connectivity index (χ2n) is 8.18. The van der Waals surface area contributed by atoms with Crippen LogP contribution in [0.4, 0.5) is 11.6 Å². The summed E-state index contributed by atoms with van der Waals surface area (Å²) in [5, 5.41) is 8.88. The van der Waals surface area contributed by atoms with Crippen molar-refractivity contribution >= 4 is 38.5 Å². The molecule has 0 atom stereocenters. The maximum Gasteiger partial charge on any atom is 0.255 e. The molecular formula is C20H22N6O3S. The van der Waals surface area contributed by atoms with Crippen LogP contribution in [0.1, 0.15) is 44.2 Å². The average molecular weight is 427 g/mol. The van der Waals surface area contributed by atoms with Gasteiger partial charge in [-0.05, 0) is 31.0 Å². The highest BCUT2D eigenvalue weighted by Gasteiger charge is 2.41. The monoisotopic (exact) mass is 426 g/mol. The van der Waals surface area contributed by atoms with Gasteiger partial charge in [0.2, 0.25) is 5.95 Å². The Morgan fingerprint density at radius 2 is 1.90 bits per heavy atom. The third-order valence-corrected chi connectivity index (χ3v) is 6.89. The first-order chi connectivity index (χ1) is 14.3. The Hall–Kier alpha value is -2.85. The predicted octanol–water partition coefficient (Wildman–Crippen LogP) is 2.39. The van der Waals surface area contributed by atoms with E-state index in [4.69, 9.17) is 10.1 Å². The number of anilines is 2. The number of hydrogen-bond donors (Lipinski definition) is 2. The van der Waals surface area contributed by atoms with E-state index in [2.05, 4.69) is 19.9 Å². The third kappa shape index (κ3) is 3.25. The molecule has 0 radical (unpaired) electrons. The number of carbonyl (C=O) groups is 1. The lowest BCUT2D eigenvalue weighted by Crippen LogP contribution is -2.43. The number of ketones is 1. The molecule has 3 N–H and O–H groups in total. The van der Waals surface area contributed by atoms with Gasteiger partial charge in [0.1, 0.15) is 11.4 Å². The number of carbonyl (C=O) groups excluding carboxylic acids is 1. The van der Waals surface area contributed by atoms with Crippen molar-refractivity contribution in [1.82, 2.24) is 19.5 Å². The summed E-state index contributed by atoms with van der Waals surface area (Å²) in [5.41, 5.74) is 2.20. The van der Waals surface area contributed by atoms with Gasteiger partial charge in [-0.2, -0.15) is 4.98 Å². The molecule has 1 fully saturated rings. The number of nitrogens with one attached hydrogen (secondary N) is 1. The molecule has 1 spiro atoms. The second-order valence-corrected chi connectivity index (χ2v) is 9.68. The predicted molar refractivity (Wildman–Crippen MR) is 111 cm³/mol. The Morgan fingerprint density at radius 1 is 1.10 bits per heavy atom. The fourth-order valence-electron chi connectivity index (χ4n) is 4.84. The molecule has 0 bridgehead atoms. The molecule has 3 aromatic heterocycles. The number of rotatable bonds is 3. The zero-order valence-corrected chi connectivity index (χ0v) is 17.2. The number of fused-ring (bicyclic) bond motifs is 4. The van der Waals surface area contributed by atoms with Crippen molar-refractivity contribution in [1.29, 1.82) is 0 Å². The van der Waals surface area contributed by atoms with Gasteiger partial charge in [0.15, 0.2) is 5.03 Å². The minimum absolute atomic E-state index is 0.186. The maximum absolute atomic E-state index is 12.5. The van der Waals surface area contributed by atoms with Crippen LogP contribution in [0, 0.1) is 0 Å². The van der Waals surface area contributed by atoms with Gasteiger partial charge in [-0.3, -0.25) is 4.79 Å². The van der Waals surface area contributed by atoms with E-state index >= 15 is 0 Å². The molecule has 9 nitrogen and oxygen atoms in total. The van der Waals surface area contributed by atoms with Crippen LogP contribution in [-0.2, 0) is 26.8 Å². The Balaban J connectivity index is 1.53. The van der Waals surface area contributed by atoms with Crippen LogP contribution in [0.3, 0.4) is 0 Å². The van der Waals surface area contributed by atoms with Crippen molar-refractivity contribution in [2.75, 3.05) is 5.32 Å². The number of nitrogens with zero attached hydrogens (tertiary/aromatic N) is 4. The molecule has 4 heterocycles. The first kappa shape index (κ1) is 19.1. The quantitative estimate of drug-likeness (QED) is 0.657. The molecule has 156 valence electrons. The fraction of sp³-hybridized carbons (Fsp3) is 0.400. The summed E-state index contributed by atoms with van der Waals surface area (Å²) in [7, 11) is -3.85. The number of Topliss-reactive ketones (excluding diaryl/α,β-unsaturated/α-hetero) is 1. The van der Waals surface area contributed by atoms with Crippen molar-refractivity contribution in [2.45, 2.75) is 55.5 Å². The van der Waals surface area contributed by atoms with Crippen molar-refractivity contribution in [3.05, 3.63) is 36.3 Å². The fourth-order valence-corrected chi connectivity index (χ4v) is 5.29. The molecule has 1 saturated carbocycles. The Morgan fingerprint density at radius 3 is 2.60 bits per heavy atom. The number of pyridine rings is 1. The topological polar surface area (TPSA) is 133 Å². The van der Waals surface area contributed by atoms with E-state index in [1.165, 1.54) is 18.7 Å². The van der Waals surface area contributed by atoms with Crippen LogP contribution in [-0.4, -0.2) is 33.7 Å². The molecule has 0 aromatic carbocycles. The van der Waals surface area contributed by atoms with E-state index in [-0.39, 0.29) is 10.6 Å².